The first kappa shape index (κ1) is 18.9. The van der Waals surface area contributed by atoms with Gasteiger partial charge in [-0.15, -0.1) is 0 Å². The van der Waals surface area contributed by atoms with Crippen LogP contribution < -0.4 is 0 Å². The maximum atomic E-state index is 13.0. The van der Waals surface area contributed by atoms with Crippen LogP contribution in [0, 0.1) is 6.92 Å². The Bertz CT molecular complexity index is 1070. The van der Waals surface area contributed by atoms with Crippen molar-refractivity contribution in [1.29, 1.82) is 0 Å². The normalized spacial score (nSPS) is 20.4. The molecule has 1 fully saturated rings. The van der Waals surface area contributed by atoms with Crippen molar-refractivity contribution >= 4 is 5.91 Å². The lowest BCUT2D eigenvalue weighted by Gasteiger charge is -2.35. The lowest BCUT2D eigenvalue weighted by atomic mass is 9.80. The number of fused-ring (bicyclic) bond motifs is 2. The Hall–Kier alpha value is -3.05. The second-order valence-electron chi connectivity index (χ2n) is 8.33. The van der Waals surface area contributed by atoms with Gasteiger partial charge in [-0.05, 0) is 18.9 Å². The molecule has 5 heteroatoms. The van der Waals surface area contributed by atoms with Crippen LogP contribution in [0.1, 0.15) is 28.9 Å². The monoisotopic (exact) mass is 399 g/mol. The second-order valence-corrected chi connectivity index (χ2v) is 8.33. The second kappa shape index (κ2) is 7.65. The summed E-state index contributed by atoms with van der Waals surface area (Å²) in [6.45, 7) is 4.55. The molecule has 1 atom stereocenters. The molecule has 0 radical (unpaired) electrons. The third-order valence-electron chi connectivity index (χ3n) is 6.28. The van der Waals surface area contributed by atoms with Crippen LogP contribution in [0.3, 0.4) is 0 Å². The summed E-state index contributed by atoms with van der Waals surface area (Å²) in [5.41, 5.74) is 4.92. The van der Waals surface area contributed by atoms with E-state index in [1.54, 1.807) is 0 Å². The number of amides is 1. The van der Waals surface area contributed by atoms with Crippen LogP contribution in [0.25, 0.3) is 11.4 Å². The summed E-state index contributed by atoms with van der Waals surface area (Å²) >= 11 is 0. The van der Waals surface area contributed by atoms with E-state index in [4.69, 9.17) is 14.7 Å². The van der Waals surface area contributed by atoms with E-state index in [9.17, 15) is 4.79 Å². The third kappa shape index (κ3) is 3.39. The Morgan fingerprint density at radius 2 is 1.80 bits per heavy atom. The van der Waals surface area contributed by atoms with Gasteiger partial charge in [0.15, 0.2) is 5.82 Å². The van der Waals surface area contributed by atoms with Crippen molar-refractivity contribution in [2.75, 3.05) is 19.7 Å². The molecule has 0 saturated carbocycles. The lowest BCUT2D eigenvalue weighted by Crippen LogP contribution is -2.42. The standard InChI is InChI=1S/C25H25N3O2/c1-18-21-15-30-17-25(23(21)27-24(26-18)20-10-6-3-7-11-20)12-13-28(16-25)22(29)14-19-8-4-2-5-9-19/h2-11H,12-17H2,1H3/t25-/m0/s1. The fourth-order valence-corrected chi connectivity index (χ4v) is 4.62. The summed E-state index contributed by atoms with van der Waals surface area (Å²) < 4.78 is 5.99. The van der Waals surface area contributed by atoms with Crippen molar-refractivity contribution < 1.29 is 9.53 Å². The summed E-state index contributed by atoms with van der Waals surface area (Å²) in [5, 5.41) is 0. The molecule has 1 amide bonds. The molecule has 0 aliphatic carbocycles. The molecule has 3 aromatic rings. The fraction of sp³-hybridized carbons (Fsp3) is 0.320. The maximum Gasteiger partial charge on any atom is 0.227 e. The molecule has 5 nitrogen and oxygen atoms in total. The zero-order valence-corrected chi connectivity index (χ0v) is 17.2. The molecule has 3 heterocycles. The highest BCUT2D eigenvalue weighted by Gasteiger charge is 2.46. The van der Waals surface area contributed by atoms with Crippen molar-refractivity contribution in [3.63, 3.8) is 0 Å². The molecule has 30 heavy (non-hydrogen) atoms. The van der Waals surface area contributed by atoms with Gasteiger partial charge in [0.25, 0.3) is 0 Å². The molecule has 1 spiro atoms. The van der Waals surface area contributed by atoms with Crippen molar-refractivity contribution in [2.45, 2.75) is 31.8 Å². The molecule has 2 aliphatic heterocycles. The molecule has 1 aromatic heterocycles. The van der Waals surface area contributed by atoms with Crippen molar-refractivity contribution in [3.05, 3.63) is 83.2 Å². The number of rotatable bonds is 3. The van der Waals surface area contributed by atoms with Crippen molar-refractivity contribution in [3.8, 4) is 11.4 Å². The largest absolute Gasteiger partial charge is 0.376 e. The number of nitrogens with zero attached hydrogens (tertiary/aromatic N) is 3. The molecular formula is C25H25N3O2. The van der Waals surface area contributed by atoms with E-state index in [2.05, 4.69) is 0 Å². The first-order chi connectivity index (χ1) is 14.6. The first-order valence-corrected chi connectivity index (χ1v) is 10.5. The zero-order valence-electron chi connectivity index (χ0n) is 17.2. The number of aryl methyl sites for hydroxylation is 1. The Balaban J connectivity index is 1.45. The molecule has 2 aromatic carbocycles. The summed E-state index contributed by atoms with van der Waals surface area (Å²) in [7, 11) is 0. The Morgan fingerprint density at radius 1 is 1.07 bits per heavy atom. The van der Waals surface area contributed by atoms with Crippen LogP contribution in [0.2, 0.25) is 0 Å². The number of ether oxygens (including phenoxy) is 1. The zero-order chi connectivity index (χ0) is 20.6. The van der Waals surface area contributed by atoms with Gasteiger partial charge in [-0.3, -0.25) is 4.79 Å². The van der Waals surface area contributed by atoms with E-state index >= 15 is 0 Å². The van der Waals surface area contributed by atoms with Gasteiger partial charge in [0, 0.05) is 29.9 Å². The van der Waals surface area contributed by atoms with Gasteiger partial charge >= 0.3 is 0 Å². The minimum absolute atomic E-state index is 0.166. The summed E-state index contributed by atoms with van der Waals surface area (Å²) in [6, 6.07) is 20.0. The highest BCUT2D eigenvalue weighted by Crippen LogP contribution is 2.40. The number of carbonyl (C=O) groups is 1. The van der Waals surface area contributed by atoms with E-state index in [1.807, 2.05) is 72.5 Å². The predicted octanol–water partition coefficient (Wildman–Crippen LogP) is 3.70. The van der Waals surface area contributed by atoms with Gasteiger partial charge in [-0.1, -0.05) is 60.7 Å². The molecular weight excluding hydrogens is 374 g/mol. The predicted molar refractivity (Wildman–Crippen MR) is 115 cm³/mol. The number of likely N-dealkylation sites (tertiary alicyclic amines) is 1. The number of hydrogen-bond acceptors (Lipinski definition) is 4. The first-order valence-electron chi connectivity index (χ1n) is 10.5. The average Bonchev–Trinajstić information content (AvgIpc) is 3.20. The van der Waals surface area contributed by atoms with Gasteiger partial charge in [0.1, 0.15) is 0 Å². The summed E-state index contributed by atoms with van der Waals surface area (Å²) in [4.78, 5) is 24.7. The van der Waals surface area contributed by atoms with Crippen LogP contribution in [-0.2, 0) is 28.0 Å². The summed E-state index contributed by atoms with van der Waals surface area (Å²) in [6.07, 6.45) is 1.30. The fourth-order valence-electron chi connectivity index (χ4n) is 4.62. The maximum absolute atomic E-state index is 13.0. The quantitative estimate of drug-likeness (QED) is 0.674. The third-order valence-corrected chi connectivity index (χ3v) is 6.28. The van der Waals surface area contributed by atoms with E-state index in [-0.39, 0.29) is 11.3 Å². The van der Waals surface area contributed by atoms with E-state index in [1.165, 1.54) is 0 Å². The van der Waals surface area contributed by atoms with Crippen LogP contribution in [0.4, 0.5) is 0 Å². The number of hydrogen-bond donors (Lipinski definition) is 0. The molecule has 0 bridgehead atoms. The van der Waals surface area contributed by atoms with E-state index in [0.29, 0.717) is 26.2 Å². The number of carbonyl (C=O) groups excluding carboxylic acids is 1. The highest BCUT2D eigenvalue weighted by molar-refractivity contribution is 5.79. The lowest BCUT2D eigenvalue weighted by molar-refractivity contribution is -0.129. The molecule has 2 aliphatic rings. The van der Waals surface area contributed by atoms with Crippen LogP contribution >= 0.6 is 0 Å². The van der Waals surface area contributed by atoms with Gasteiger partial charge in [-0.25, -0.2) is 9.97 Å². The molecule has 5 rings (SSSR count). The number of benzene rings is 2. The topological polar surface area (TPSA) is 55.3 Å². The van der Waals surface area contributed by atoms with Crippen LogP contribution in [-0.4, -0.2) is 40.5 Å². The highest BCUT2D eigenvalue weighted by atomic mass is 16.5. The van der Waals surface area contributed by atoms with E-state index < -0.39 is 0 Å². The molecule has 1 saturated heterocycles. The summed E-state index contributed by atoms with van der Waals surface area (Å²) in [5.74, 6) is 0.918. The molecule has 152 valence electrons. The average molecular weight is 399 g/mol. The molecule has 0 unspecified atom stereocenters. The van der Waals surface area contributed by atoms with Crippen molar-refractivity contribution in [1.82, 2.24) is 14.9 Å². The number of aromatic nitrogens is 2. The van der Waals surface area contributed by atoms with Crippen molar-refractivity contribution in [2.24, 2.45) is 0 Å². The van der Waals surface area contributed by atoms with Crippen LogP contribution in [0.5, 0.6) is 0 Å². The SMILES string of the molecule is Cc1nc(-c2ccccc2)nc2c1COC[C@@]21CCN(C(=O)Cc2ccccc2)C1. The van der Waals surface area contributed by atoms with Gasteiger partial charge < -0.3 is 9.64 Å². The Labute approximate surface area is 176 Å². The Kier molecular flexibility index (Phi) is 4.83. The smallest absolute Gasteiger partial charge is 0.227 e. The van der Waals surface area contributed by atoms with Gasteiger partial charge in [0.2, 0.25) is 5.91 Å². The minimum Gasteiger partial charge on any atom is -0.376 e. The van der Waals surface area contributed by atoms with Gasteiger partial charge in [0.05, 0.1) is 30.7 Å². The van der Waals surface area contributed by atoms with Crippen LogP contribution in [0.15, 0.2) is 60.7 Å². The van der Waals surface area contributed by atoms with Gasteiger partial charge in [-0.2, -0.15) is 0 Å². The van der Waals surface area contributed by atoms with E-state index in [0.717, 1.165) is 46.9 Å². The minimum atomic E-state index is -0.253. The molecule has 0 N–H and O–H groups in total. The Morgan fingerprint density at radius 3 is 2.57 bits per heavy atom.